The Bertz CT molecular complexity index is 1300. The number of carbonyl (C=O) groups excluding carboxylic acids is 3. The minimum atomic E-state index is -1.74. The third kappa shape index (κ3) is 3.45. The number of rotatable bonds is 4. The first kappa shape index (κ1) is 22.0. The second-order valence-electron chi connectivity index (χ2n) is 8.74. The average Bonchev–Trinajstić information content (AvgIpc) is 3.45. The molecule has 170 valence electrons. The molecular formula is C25H24ClN3O3S. The maximum absolute atomic E-state index is 14.1. The molecule has 0 unspecified atom stereocenters. The molecule has 8 heteroatoms. The third-order valence-corrected chi connectivity index (χ3v) is 7.66. The molecule has 2 amide bonds. The van der Waals surface area contributed by atoms with E-state index in [0.29, 0.717) is 21.6 Å². The van der Waals surface area contributed by atoms with Crippen molar-refractivity contribution in [2.24, 2.45) is 0 Å². The highest BCUT2D eigenvalue weighted by atomic mass is 35.5. The molecule has 1 fully saturated rings. The van der Waals surface area contributed by atoms with Crippen LogP contribution in [0, 0.1) is 0 Å². The van der Waals surface area contributed by atoms with Crippen molar-refractivity contribution in [3.05, 3.63) is 59.2 Å². The van der Waals surface area contributed by atoms with Gasteiger partial charge in [-0.25, -0.2) is 0 Å². The summed E-state index contributed by atoms with van der Waals surface area (Å²) >= 11 is 7.69. The summed E-state index contributed by atoms with van der Waals surface area (Å²) in [6, 6.07) is 14.2. The second kappa shape index (κ2) is 8.22. The van der Waals surface area contributed by atoms with Crippen LogP contribution in [0.15, 0.2) is 53.4 Å². The Morgan fingerprint density at radius 2 is 1.88 bits per heavy atom. The quantitative estimate of drug-likeness (QED) is 0.414. The molecule has 1 N–H and O–H groups in total. The molecule has 0 radical (unpaired) electrons. The minimum Gasteiger partial charge on any atom is -0.351 e. The van der Waals surface area contributed by atoms with Crippen LogP contribution >= 0.6 is 23.4 Å². The fourth-order valence-corrected chi connectivity index (χ4v) is 5.55. The Kier molecular flexibility index (Phi) is 5.49. The highest BCUT2D eigenvalue weighted by Gasteiger charge is 2.55. The summed E-state index contributed by atoms with van der Waals surface area (Å²) in [6.45, 7) is 1.55. The number of fused-ring (bicyclic) bond motifs is 3. The molecule has 3 aromatic rings. The maximum Gasteiger partial charge on any atom is 0.276 e. The predicted octanol–water partition coefficient (Wildman–Crippen LogP) is 5.13. The van der Waals surface area contributed by atoms with Crippen LogP contribution in [0.5, 0.6) is 0 Å². The molecule has 1 aliphatic carbocycles. The molecule has 1 aliphatic heterocycles. The van der Waals surface area contributed by atoms with Crippen LogP contribution in [0.25, 0.3) is 10.9 Å². The van der Waals surface area contributed by atoms with Gasteiger partial charge in [0, 0.05) is 27.0 Å². The molecule has 0 bridgehead atoms. The Morgan fingerprint density at radius 1 is 1.12 bits per heavy atom. The first-order chi connectivity index (χ1) is 15.8. The summed E-state index contributed by atoms with van der Waals surface area (Å²) < 4.78 is 1.37. The van der Waals surface area contributed by atoms with Crippen LogP contribution < -0.4 is 10.2 Å². The van der Waals surface area contributed by atoms with Crippen molar-refractivity contribution in [1.29, 1.82) is 0 Å². The van der Waals surface area contributed by atoms with Crippen LogP contribution in [0.1, 0.15) is 47.9 Å². The monoisotopic (exact) mass is 481 g/mol. The van der Waals surface area contributed by atoms with E-state index in [1.165, 1.54) is 21.2 Å². The summed E-state index contributed by atoms with van der Waals surface area (Å²) in [6.07, 6.45) is 5.78. The smallest absolute Gasteiger partial charge is 0.276 e. The molecule has 1 saturated carbocycles. The van der Waals surface area contributed by atoms with E-state index in [0.717, 1.165) is 30.6 Å². The summed E-state index contributed by atoms with van der Waals surface area (Å²) in [7, 11) is 0. The first-order valence-corrected chi connectivity index (χ1v) is 12.6. The van der Waals surface area contributed by atoms with E-state index in [1.54, 1.807) is 37.3 Å². The van der Waals surface area contributed by atoms with Gasteiger partial charge in [0.2, 0.25) is 5.54 Å². The molecule has 2 heterocycles. The number of nitrogens with one attached hydrogen (secondary N) is 1. The van der Waals surface area contributed by atoms with Crippen molar-refractivity contribution in [3.63, 3.8) is 0 Å². The van der Waals surface area contributed by atoms with Gasteiger partial charge in [0.05, 0.1) is 5.52 Å². The van der Waals surface area contributed by atoms with Crippen molar-refractivity contribution in [1.82, 2.24) is 9.88 Å². The number of anilines is 1. The molecule has 1 atom stereocenters. The van der Waals surface area contributed by atoms with Gasteiger partial charge in [0.1, 0.15) is 5.69 Å². The fraction of sp³-hybridized carbons (Fsp3) is 0.320. The van der Waals surface area contributed by atoms with Crippen molar-refractivity contribution in [3.8, 4) is 0 Å². The zero-order valence-electron chi connectivity index (χ0n) is 18.4. The highest BCUT2D eigenvalue weighted by Crippen LogP contribution is 2.37. The second-order valence-corrected chi connectivity index (χ2v) is 10.1. The van der Waals surface area contributed by atoms with Gasteiger partial charge in [0.15, 0.2) is 0 Å². The lowest BCUT2D eigenvalue weighted by molar-refractivity contribution is -0.125. The first-order valence-electron chi connectivity index (χ1n) is 11.0. The summed E-state index contributed by atoms with van der Waals surface area (Å²) in [5, 5.41) is 4.24. The molecule has 2 aromatic carbocycles. The number of benzene rings is 2. The van der Waals surface area contributed by atoms with Crippen LogP contribution in [0.4, 0.5) is 5.69 Å². The number of halogens is 1. The minimum absolute atomic E-state index is 0.0122. The largest absolute Gasteiger partial charge is 0.351 e. The average molecular weight is 482 g/mol. The summed E-state index contributed by atoms with van der Waals surface area (Å²) in [4.78, 5) is 44.0. The van der Waals surface area contributed by atoms with Gasteiger partial charge in [-0.1, -0.05) is 30.5 Å². The van der Waals surface area contributed by atoms with Crippen LogP contribution in [0.3, 0.4) is 0 Å². The number of nitrogens with zero attached hydrogens (tertiary/aromatic N) is 2. The van der Waals surface area contributed by atoms with E-state index >= 15 is 0 Å². The van der Waals surface area contributed by atoms with Crippen molar-refractivity contribution in [2.45, 2.75) is 49.1 Å². The number of thioether (sulfide) groups is 1. The standard InChI is InChI=1S/C25H24ClN3O3S/c1-25(23(31)27-17-6-3-4-7-17)24(32)28-20-11-10-16(26)12-15(20)13-21(28)22(30)29(25)18-8-5-9-19(14-18)33-2/h5,8-14,17H,3-4,6-7H2,1-2H3,(H,27,31)/t25-/m1/s1. The number of aromatic nitrogens is 1. The number of hydrogen-bond donors (Lipinski definition) is 1. The van der Waals surface area contributed by atoms with Gasteiger partial charge in [-0.15, -0.1) is 11.8 Å². The van der Waals surface area contributed by atoms with Crippen LogP contribution in [0.2, 0.25) is 5.02 Å². The lowest BCUT2D eigenvalue weighted by Gasteiger charge is -2.42. The summed E-state index contributed by atoms with van der Waals surface area (Å²) in [5.41, 5.74) is -0.447. The molecule has 5 rings (SSSR count). The van der Waals surface area contributed by atoms with E-state index in [9.17, 15) is 14.4 Å². The van der Waals surface area contributed by atoms with Gasteiger partial charge < -0.3 is 5.32 Å². The molecular weight excluding hydrogens is 458 g/mol. The molecule has 33 heavy (non-hydrogen) atoms. The molecule has 1 aromatic heterocycles. The van der Waals surface area contributed by atoms with Gasteiger partial charge in [-0.2, -0.15) is 0 Å². The zero-order chi connectivity index (χ0) is 23.3. The van der Waals surface area contributed by atoms with Crippen molar-refractivity contribution < 1.29 is 14.4 Å². The van der Waals surface area contributed by atoms with Crippen LogP contribution in [-0.2, 0) is 4.79 Å². The predicted molar refractivity (Wildman–Crippen MR) is 131 cm³/mol. The lowest BCUT2D eigenvalue weighted by atomic mass is 9.92. The van der Waals surface area contributed by atoms with E-state index in [2.05, 4.69) is 5.32 Å². The number of amides is 2. The van der Waals surface area contributed by atoms with E-state index in [-0.39, 0.29) is 11.7 Å². The fourth-order valence-electron chi connectivity index (χ4n) is 4.91. The third-order valence-electron chi connectivity index (χ3n) is 6.70. The molecule has 6 nitrogen and oxygen atoms in total. The van der Waals surface area contributed by atoms with Gasteiger partial charge in [-0.05, 0) is 68.5 Å². The lowest BCUT2D eigenvalue weighted by Crippen LogP contribution is -2.69. The topological polar surface area (TPSA) is 71.4 Å². The zero-order valence-corrected chi connectivity index (χ0v) is 20.0. The maximum atomic E-state index is 14.1. The Balaban J connectivity index is 1.71. The van der Waals surface area contributed by atoms with Crippen molar-refractivity contribution >= 4 is 57.7 Å². The number of carbonyl (C=O) groups is 3. The Morgan fingerprint density at radius 3 is 2.61 bits per heavy atom. The van der Waals surface area contributed by atoms with Gasteiger partial charge in [0.25, 0.3) is 17.7 Å². The summed E-state index contributed by atoms with van der Waals surface area (Å²) in [5.74, 6) is -1.31. The van der Waals surface area contributed by atoms with Crippen LogP contribution in [-0.4, -0.2) is 40.1 Å². The van der Waals surface area contributed by atoms with E-state index in [4.69, 9.17) is 11.6 Å². The Hall–Kier alpha value is -2.77. The van der Waals surface area contributed by atoms with Gasteiger partial charge in [-0.3, -0.25) is 23.9 Å². The van der Waals surface area contributed by atoms with E-state index in [1.807, 2.05) is 24.5 Å². The van der Waals surface area contributed by atoms with Gasteiger partial charge >= 0.3 is 0 Å². The van der Waals surface area contributed by atoms with E-state index < -0.39 is 23.3 Å². The molecule has 0 saturated heterocycles. The molecule has 0 spiro atoms. The SMILES string of the molecule is CSc1cccc(N2C(=O)c3cc4cc(Cl)ccc4n3C(=O)[C@@]2(C)C(=O)NC2CCCC2)c1. The highest BCUT2D eigenvalue weighted by molar-refractivity contribution is 7.98. The number of hydrogen-bond acceptors (Lipinski definition) is 4. The molecule has 2 aliphatic rings. The van der Waals surface area contributed by atoms with Crippen molar-refractivity contribution in [2.75, 3.05) is 11.2 Å². The Labute approximate surface area is 201 Å². The normalized spacial score (nSPS) is 21.0.